The Bertz CT molecular complexity index is 314. The molecule has 0 unspecified atom stereocenters. The maximum absolute atomic E-state index is 10.9. The Labute approximate surface area is 65.4 Å². The van der Waals surface area contributed by atoms with E-state index in [1.54, 1.807) is 0 Å². The van der Waals surface area contributed by atoms with Gasteiger partial charge in [0.25, 0.3) is 0 Å². The van der Waals surface area contributed by atoms with Gasteiger partial charge in [-0.15, -0.1) is 0 Å². The van der Waals surface area contributed by atoms with Crippen molar-refractivity contribution in [2.45, 2.75) is 0 Å². The number of pyridine rings is 1. The van der Waals surface area contributed by atoms with Crippen LogP contribution in [0.5, 0.6) is 0 Å². The highest BCUT2D eigenvalue weighted by atomic mass is 16.5. The molecule has 0 bridgehead atoms. The van der Waals surface area contributed by atoms with E-state index in [2.05, 4.69) is 9.72 Å². The Morgan fingerprint density at radius 3 is 3.18 bits per heavy atom. The van der Waals surface area contributed by atoms with Crippen molar-refractivity contribution in [3.05, 3.63) is 24.0 Å². The predicted molar refractivity (Wildman–Crippen MR) is 40.0 cm³/mol. The average Bonchev–Trinajstić information content (AvgIpc) is 2.08. The minimum atomic E-state index is -0.554. The quantitative estimate of drug-likeness (QED) is 0.595. The summed E-state index contributed by atoms with van der Waals surface area (Å²) in [6.07, 6.45) is 1.21. The molecule has 0 spiro atoms. The second kappa shape index (κ2) is 3.01. The van der Waals surface area contributed by atoms with E-state index in [0.717, 1.165) is 0 Å². The first kappa shape index (κ1) is 6.15. The van der Waals surface area contributed by atoms with Gasteiger partial charge in [-0.3, -0.25) is 0 Å². The number of hydrogen-bond acceptors (Lipinski definition) is 4. The van der Waals surface area contributed by atoms with Gasteiger partial charge in [-0.05, 0) is 12.1 Å². The Morgan fingerprint density at radius 2 is 2.64 bits per heavy atom. The third kappa shape index (κ3) is 1.67. The fourth-order valence-electron chi connectivity index (χ4n) is 0.619. The summed E-state index contributed by atoms with van der Waals surface area (Å²) >= 11 is 0. The molecule has 1 heterocycles. The van der Waals surface area contributed by atoms with E-state index in [4.69, 9.17) is 7.10 Å². The molecule has 2 N–H and O–H groups in total. The molecule has 1 aromatic rings. The van der Waals surface area contributed by atoms with Gasteiger partial charge >= 0.3 is 5.97 Å². The van der Waals surface area contributed by atoms with Crippen molar-refractivity contribution in [1.82, 2.24) is 4.98 Å². The normalized spacial score (nSPS) is 10.5. The van der Waals surface area contributed by atoms with E-state index in [-0.39, 0.29) is 17.4 Å². The fourth-order valence-corrected chi connectivity index (χ4v) is 0.619. The van der Waals surface area contributed by atoms with E-state index in [1.807, 2.05) is 0 Å². The molecule has 1 aromatic heterocycles. The van der Waals surface area contributed by atoms with Crippen LogP contribution in [0.1, 0.15) is 11.9 Å². The van der Waals surface area contributed by atoms with Crippen LogP contribution >= 0.6 is 0 Å². The Kier molecular flexibility index (Phi) is 1.68. The van der Waals surface area contributed by atoms with Gasteiger partial charge < -0.3 is 10.5 Å². The van der Waals surface area contributed by atoms with Crippen molar-refractivity contribution in [3.8, 4) is 0 Å². The summed E-state index contributed by atoms with van der Waals surface area (Å²) in [7, 11) is 1.26. The maximum atomic E-state index is 10.9. The molecule has 0 aromatic carbocycles. The van der Waals surface area contributed by atoms with Gasteiger partial charge in [0.2, 0.25) is 0 Å². The molecule has 4 nitrogen and oxygen atoms in total. The SMILES string of the molecule is [2H]c1cnc(C(=O)OC)cc1N. The first-order chi connectivity index (χ1) is 5.65. The van der Waals surface area contributed by atoms with Gasteiger partial charge in [-0.1, -0.05) is 0 Å². The van der Waals surface area contributed by atoms with Crippen LogP contribution in [-0.2, 0) is 4.74 Å². The summed E-state index contributed by atoms with van der Waals surface area (Å²) < 4.78 is 11.6. The molecule has 0 radical (unpaired) electrons. The smallest absolute Gasteiger partial charge is 0.356 e. The molecule has 4 heteroatoms. The van der Waals surface area contributed by atoms with Gasteiger partial charge in [0, 0.05) is 11.9 Å². The molecule has 0 aliphatic carbocycles. The van der Waals surface area contributed by atoms with Crippen LogP contribution in [-0.4, -0.2) is 18.1 Å². The summed E-state index contributed by atoms with van der Waals surface area (Å²) in [4.78, 5) is 14.5. The number of nitrogens with two attached hydrogens (primary N) is 1. The molecule has 58 valence electrons. The minimum Gasteiger partial charge on any atom is -0.464 e. The lowest BCUT2D eigenvalue weighted by Gasteiger charge is -1.97. The molecule has 0 fully saturated rings. The van der Waals surface area contributed by atoms with Gasteiger partial charge in [0.1, 0.15) is 5.69 Å². The van der Waals surface area contributed by atoms with E-state index in [0.29, 0.717) is 0 Å². The minimum absolute atomic E-state index is 0.0997. The molecule has 0 aliphatic heterocycles. The maximum Gasteiger partial charge on any atom is 0.356 e. The Morgan fingerprint density at radius 1 is 1.91 bits per heavy atom. The van der Waals surface area contributed by atoms with Crippen LogP contribution in [0.25, 0.3) is 0 Å². The highest BCUT2D eigenvalue weighted by Crippen LogP contribution is 2.03. The third-order valence-corrected chi connectivity index (χ3v) is 1.12. The first-order valence-electron chi connectivity index (χ1n) is 3.45. The molecule has 0 aliphatic rings. The largest absolute Gasteiger partial charge is 0.464 e. The van der Waals surface area contributed by atoms with E-state index in [1.165, 1.54) is 19.4 Å². The van der Waals surface area contributed by atoms with Crippen molar-refractivity contribution in [1.29, 1.82) is 0 Å². The monoisotopic (exact) mass is 153 g/mol. The van der Waals surface area contributed by atoms with Crippen LogP contribution in [0.15, 0.2) is 18.3 Å². The molecule has 1 rings (SSSR count). The molecule has 11 heavy (non-hydrogen) atoms. The lowest BCUT2D eigenvalue weighted by Crippen LogP contribution is -2.04. The van der Waals surface area contributed by atoms with Crippen molar-refractivity contribution >= 4 is 11.7 Å². The first-order valence-corrected chi connectivity index (χ1v) is 2.95. The van der Waals surface area contributed by atoms with Crippen LogP contribution in [0, 0.1) is 0 Å². The van der Waals surface area contributed by atoms with Gasteiger partial charge in [-0.2, -0.15) is 0 Å². The van der Waals surface area contributed by atoms with Crippen molar-refractivity contribution < 1.29 is 10.9 Å². The number of carbonyl (C=O) groups excluding carboxylic acids is 1. The number of hydrogen-bond donors (Lipinski definition) is 1. The zero-order valence-corrected chi connectivity index (χ0v) is 6.00. The number of nitrogen functional groups attached to an aromatic ring is 1. The van der Waals surface area contributed by atoms with Crippen LogP contribution < -0.4 is 5.73 Å². The molecule has 0 amide bonds. The molecule has 0 atom stereocenters. The Balaban J connectivity index is 3.05. The number of rotatable bonds is 1. The number of esters is 1. The van der Waals surface area contributed by atoms with E-state index in [9.17, 15) is 4.79 Å². The number of anilines is 1. The van der Waals surface area contributed by atoms with E-state index >= 15 is 0 Å². The van der Waals surface area contributed by atoms with Gasteiger partial charge in [0.15, 0.2) is 0 Å². The second-order valence-electron chi connectivity index (χ2n) is 1.88. The summed E-state index contributed by atoms with van der Waals surface area (Å²) in [5.74, 6) is -0.554. The van der Waals surface area contributed by atoms with Crippen molar-refractivity contribution in [2.75, 3.05) is 12.8 Å². The van der Waals surface area contributed by atoms with Crippen molar-refractivity contribution in [3.63, 3.8) is 0 Å². The standard InChI is InChI=1S/C7H8N2O2/c1-11-7(10)6-4-5(8)2-3-9-6/h2-4H,1H3,(H2,8,9)/i2D. The molecule has 0 saturated heterocycles. The zero-order chi connectivity index (χ0) is 9.14. The topological polar surface area (TPSA) is 65.2 Å². The van der Waals surface area contributed by atoms with E-state index < -0.39 is 5.97 Å². The van der Waals surface area contributed by atoms with Crippen LogP contribution in [0.2, 0.25) is 0 Å². The number of methoxy groups -OCH3 is 1. The van der Waals surface area contributed by atoms with Crippen LogP contribution in [0.4, 0.5) is 5.69 Å². The number of carbonyl (C=O) groups is 1. The van der Waals surface area contributed by atoms with Crippen LogP contribution in [0.3, 0.4) is 0 Å². The number of nitrogens with zero attached hydrogens (tertiary/aromatic N) is 1. The summed E-state index contributed by atoms with van der Waals surface area (Å²) in [6.45, 7) is 0. The van der Waals surface area contributed by atoms with Crippen molar-refractivity contribution in [2.24, 2.45) is 0 Å². The highest BCUT2D eigenvalue weighted by Gasteiger charge is 2.05. The third-order valence-electron chi connectivity index (χ3n) is 1.12. The predicted octanol–water partition coefficient (Wildman–Crippen LogP) is 0.450. The fraction of sp³-hybridized carbons (Fsp3) is 0.143. The number of aromatic nitrogens is 1. The second-order valence-corrected chi connectivity index (χ2v) is 1.88. The molecular formula is C7H8N2O2. The lowest BCUT2D eigenvalue weighted by atomic mass is 10.3. The van der Waals surface area contributed by atoms with Gasteiger partial charge in [-0.25, -0.2) is 9.78 Å². The zero-order valence-electron chi connectivity index (χ0n) is 7.00. The lowest BCUT2D eigenvalue weighted by molar-refractivity contribution is 0.0594. The molecular weight excluding hydrogens is 144 g/mol. The Hall–Kier alpha value is -1.58. The molecule has 0 saturated carbocycles. The average molecular weight is 153 g/mol. The van der Waals surface area contributed by atoms with Gasteiger partial charge in [0.05, 0.1) is 8.48 Å². The highest BCUT2D eigenvalue weighted by molar-refractivity contribution is 5.87. The summed E-state index contributed by atoms with van der Waals surface area (Å²) in [5, 5.41) is 0. The number of ether oxygens (including phenoxy) is 1. The summed E-state index contributed by atoms with van der Waals surface area (Å²) in [6, 6.07) is 1.41. The summed E-state index contributed by atoms with van der Waals surface area (Å²) in [5.41, 5.74) is 5.71.